The maximum Gasteiger partial charge on any atom is 0.323 e. The van der Waals surface area contributed by atoms with Crippen LogP contribution in [-0.2, 0) is 10.0 Å². The van der Waals surface area contributed by atoms with Gasteiger partial charge in [-0.3, -0.25) is 10.1 Å². The first kappa shape index (κ1) is 19.1. The fourth-order valence-electron chi connectivity index (χ4n) is 3.40. The Kier molecular flexibility index (Phi) is 4.59. The summed E-state index contributed by atoms with van der Waals surface area (Å²) in [5, 5.41) is 11.2. The molecule has 1 saturated heterocycles. The summed E-state index contributed by atoms with van der Waals surface area (Å²) in [7, 11) is -3.81. The number of nitrogens with one attached hydrogen (secondary N) is 2. The van der Waals surface area contributed by atoms with Gasteiger partial charge in [0.2, 0.25) is 10.0 Å². The molecule has 0 atom stereocenters. The monoisotopic (exact) mass is 421 g/mol. The lowest BCUT2D eigenvalue weighted by molar-refractivity contribution is -0.384. The minimum atomic E-state index is -3.81. The van der Waals surface area contributed by atoms with Gasteiger partial charge in [0.1, 0.15) is 11.5 Å². The highest BCUT2D eigenvalue weighted by Gasteiger charge is 2.31. The zero-order valence-corrected chi connectivity index (χ0v) is 15.8. The molecule has 0 bridgehead atoms. The molecule has 1 fully saturated rings. The van der Waals surface area contributed by atoms with Crippen LogP contribution < -0.4 is 10.6 Å². The lowest BCUT2D eigenvalue weighted by atomic mass is 10.2. The lowest BCUT2D eigenvalue weighted by Gasteiger charge is -2.35. The standard InChI is InChI=1S/C17H16FN5O5S/c18-11-1-4-15(16(9-11)23(25)26)21-5-7-22(8-6-21)29(27,28)12-2-3-13-14(10-12)20-17(24)19-13/h1-4,9-10H,5-8H2,(H2,19,20,24). The molecule has 1 aliphatic heterocycles. The summed E-state index contributed by atoms with van der Waals surface area (Å²) in [6, 6.07) is 7.63. The quantitative estimate of drug-likeness (QED) is 0.484. The summed E-state index contributed by atoms with van der Waals surface area (Å²) in [6.07, 6.45) is 0. The molecule has 3 aromatic rings. The third kappa shape index (κ3) is 3.47. The number of nitrogens with zero attached hydrogens (tertiary/aromatic N) is 3. The number of nitro benzene ring substituents is 1. The Morgan fingerprint density at radius 1 is 1.00 bits per heavy atom. The Balaban J connectivity index is 1.56. The van der Waals surface area contributed by atoms with E-state index in [1.54, 1.807) is 4.90 Å². The molecule has 0 aliphatic carbocycles. The fourth-order valence-corrected chi connectivity index (χ4v) is 4.85. The predicted octanol–water partition coefficient (Wildman–Crippen LogP) is 1.41. The molecule has 12 heteroatoms. The number of piperazine rings is 1. The van der Waals surface area contributed by atoms with Crippen LogP contribution in [0.4, 0.5) is 15.8 Å². The van der Waals surface area contributed by atoms with Crippen molar-refractivity contribution < 1.29 is 17.7 Å². The highest BCUT2D eigenvalue weighted by atomic mass is 32.2. The molecule has 0 spiro atoms. The Morgan fingerprint density at radius 3 is 2.38 bits per heavy atom. The smallest absolute Gasteiger partial charge is 0.323 e. The van der Waals surface area contributed by atoms with Crippen LogP contribution in [0.25, 0.3) is 11.0 Å². The van der Waals surface area contributed by atoms with Crippen molar-refractivity contribution >= 4 is 32.4 Å². The van der Waals surface area contributed by atoms with E-state index in [9.17, 15) is 27.7 Å². The lowest BCUT2D eigenvalue weighted by Crippen LogP contribution is -2.48. The van der Waals surface area contributed by atoms with E-state index in [2.05, 4.69) is 9.97 Å². The van der Waals surface area contributed by atoms with Gasteiger partial charge in [-0.25, -0.2) is 17.6 Å². The van der Waals surface area contributed by atoms with Gasteiger partial charge in [-0.15, -0.1) is 0 Å². The van der Waals surface area contributed by atoms with Crippen LogP contribution in [0.3, 0.4) is 0 Å². The van der Waals surface area contributed by atoms with Crippen LogP contribution in [0.1, 0.15) is 0 Å². The van der Waals surface area contributed by atoms with Crippen molar-refractivity contribution in [2.45, 2.75) is 4.90 Å². The molecular weight excluding hydrogens is 405 g/mol. The van der Waals surface area contributed by atoms with E-state index >= 15 is 0 Å². The minimum Gasteiger partial charge on any atom is -0.363 e. The zero-order chi connectivity index (χ0) is 20.8. The summed E-state index contributed by atoms with van der Waals surface area (Å²) in [4.78, 5) is 28.7. The molecule has 2 heterocycles. The second kappa shape index (κ2) is 6.97. The van der Waals surface area contributed by atoms with Crippen molar-refractivity contribution in [1.82, 2.24) is 14.3 Å². The molecule has 1 aliphatic rings. The number of halogens is 1. The first-order valence-electron chi connectivity index (χ1n) is 8.67. The summed E-state index contributed by atoms with van der Waals surface area (Å²) in [5.74, 6) is -0.708. The second-order valence-corrected chi connectivity index (χ2v) is 8.51. The van der Waals surface area contributed by atoms with Gasteiger partial charge in [0.15, 0.2) is 0 Å². The van der Waals surface area contributed by atoms with Crippen LogP contribution in [0.5, 0.6) is 0 Å². The molecule has 152 valence electrons. The number of hydrogen-bond acceptors (Lipinski definition) is 6. The van der Waals surface area contributed by atoms with Gasteiger partial charge >= 0.3 is 5.69 Å². The minimum absolute atomic E-state index is 0.0430. The summed E-state index contributed by atoms with van der Waals surface area (Å²) < 4.78 is 40.5. The third-order valence-corrected chi connectivity index (χ3v) is 6.73. The number of fused-ring (bicyclic) bond motifs is 1. The molecule has 10 nitrogen and oxygen atoms in total. The molecule has 4 rings (SSSR count). The van der Waals surface area contributed by atoms with Crippen LogP contribution in [0, 0.1) is 15.9 Å². The maximum atomic E-state index is 13.4. The molecule has 1 aromatic heterocycles. The van der Waals surface area contributed by atoms with E-state index in [4.69, 9.17) is 0 Å². The van der Waals surface area contributed by atoms with Gasteiger partial charge in [-0.1, -0.05) is 0 Å². The van der Waals surface area contributed by atoms with Gasteiger partial charge in [0.05, 0.1) is 26.9 Å². The molecule has 0 amide bonds. The van der Waals surface area contributed by atoms with Crippen LogP contribution in [0.2, 0.25) is 0 Å². The molecule has 0 unspecified atom stereocenters. The van der Waals surface area contributed by atoms with Crippen molar-refractivity contribution in [3.8, 4) is 0 Å². The number of rotatable bonds is 4. The topological polar surface area (TPSA) is 132 Å². The van der Waals surface area contributed by atoms with Crippen molar-refractivity contribution in [2.24, 2.45) is 0 Å². The summed E-state index contributed by atoms with van der Waals surface area (Å²) in [6.45, 7) is 0.654. The van der Waals surface area contributed by atoms with Crippen molar-refractivity contribution in [3.63, 3.8) is 0 Å². The Labute approximate surface area is 163 Å². The number of hydrogen-bond donors (Lipinski definition) is 2. The number of benzene rings is 2. The van der Waals surface area contributed by atoms with E-state index in [0.29, 0.717) is 11.0 Å². The maximum absolute atomic E-state index is 13.4. The van der Waals surface area contributed by atoms with Gasteiger partial charge in [-0.05, 0) is 30.3 Å². The summed E-state index contributed by atoms with van der Waals surface area (Å²) >= 11 is 0. The summed E-state index contributed by atoms with van der Waals surface area (Å²) in [5.41, 5.74) is 0.353. The van der Waals surface area contributed by atoms with Crippen LogP contribution in [0.15, 0.2) is 46.1 Å². The van der Waals surface area contributed by atoms with Gasteiger partial charge in [0, 0.05) is 26.2 Å². The first-order chi connectivity index (χ1) is 13.8. The Bertz CT molecular complexity index is 1260. The third-order valence-electron chi connectivity index (χ3n) is 4.84. The second-order valence-electron chi connectivity index (χ2n) is 6.57. The van der Waals surface area contributed by atoms with Crippen LogP contribution in [-0.4, -0.2) is 53.8 Å². The van der Waals surface area contributed by atoms with E-state index < -0.39 is 26.5 Å². The Hall–Kier alpha value is -3.25. The molecule has 0 saturated carbocycles. The zero-order valence-electron chi connectivity index (χ0n) is 15.0. The highest BCUT2D eigenvalue weighted by Crippen LogP contribution is 2.30. The number of imidazole rings is 1. The van der Waals surface area contributed by atoms with Crippen molar-refractivity contribution in [1.29, 1.82) is 0 Å². The van der Waals surface area contributed by atoms with Gasteiger partial charge in [0.25, 0.3) is 5.69 Å². The van der Waals surface area contributed by atoms with Crippen molar-refractivity contribution in [3.05, 3.63) is 62.8 Å². The number of aromatic amines is 2. The Morgan fingerprint density at radius 2 is 1.69 bits per heavy atom. The van der Waals surface area contributed by atoms with Gasteiger partial charge < -0.3 is 14.9 Å². The molecule has 29 heavy (non-hydrogen) atoms. The highest BCUT2D eigenvalue weighted by molar-refractivity contribution is 7.89. The average molecular weight is 421 g/mol. The number of nitro groups is 1. The molecule has 0 radical (unpaired) electrons. The number of H-pyrrole nitrogens is 2. The van der Waals surface area contributed by atoms with E-state index in [0.717, 1.165) is 12.1 Å². The molecular formula is C17H16FN5O5S. The first-order valence-corrected chi connectivity index (χ1v) is 10.1. The van der Waals surface area contributed by atoms with Crippen LogP contribution >= 0.6 is 0 Å². The average Bonchev–Trinajstić information content (AvgIpc) is 3.07. The molecule has 2 N–H and O–H groups in total. The SMILES string of the molecule is O=c1[nH]c2ccc(S(=O)(=O)N3CCN(c4ccc(F)cc4[N+](=O)[O-])CC3)cc2[nH]1. The van der Waals surface area contributed by atoms with E-state index in [1.807, 2.05) is 0 Å². The predicted molar refractivity (Wildman–Crippen MR) is 103 cm³/mol. The number of anilines is 1. The number of sulfonamides is 1. The number of aromatic nitrogens is 2. The van der Waals surface area contributed by atoms with Crippen molar-refractivity contribution in [2.75, 3.05) is 31.1 Å². The largest absolute Gasteiger partial charge is 0.363 e. The fraction of sp³-hybridized carbons (Fsp3) is 0.235. The van der Waals surface area contributed by atoms with Gasteiger partial charge in [-0.2, -0.15) is 4.31 Å². The van der Waals surface area contributed by atoms with E-state index in [1.165, 1.54) is 28.6 Å². The van der Waals surface area contributed by atoms with E-state index in [-0.39, 0.29) is 42.4 Å². The normalized spacial score (nSPS) is 15.7. The molecule has 2 aromatic carbocycles.